The lowest BCUT2D eigenvalue weighted by molar-refractivity contribution is -0.0243. The number of hydrogen-bond donors (Lipinski definition) is 3. The zero-order valence-electron chi connectivity index (χ0n) is 63.3. The number of aromatic nitrogens is 1. The number of carboxylic acids is 1. The van der Waals surface area contributed by atoms with E-state index in [0.29, 0.717) is 253 Å². The molecule has 5 aromatic rings. The number of aromatic carboxylic acids is 1. The number of rotatable bonds is 65. The molecule has 1 unspecified atom stereocenters. The van der Waals surface area contributed by atoms with Crippen molar-refractivity contribution in [2.45, 2.75) is 64.8 Å². The van der Waals surface area contributed by atoms with Gasteiger partial charge in [-0.25, -0.2) is 4.79 Å². The van der Waals surface area contributed by atoms with Gasteiger partial charge in [-0.15, -0.1) is 0 Å². The summed E-state index contributed by atoms with van der Waals surface area (Å²) in [5, 5.41) is 15.4. The van der Waals surface area contributed by atoms with Gasteiger partial charge in [0.25, 0.3) is 11.8 Å². The molecule has 1 aromatic heterocycles. The van der Waals surface area contributed by atoms with Gasteiger partial charge in [-0.05, 0) is 136 Å². The highest BCUT2D eigenvalue weighted by Gasteiger charge is 2.23. The van der Waals surface area contributed by atoms with Gasteiger partial charge >= 0.3 is 5.97 Å². The second-order valence-corrected chi connectivity index (χ2v) is 24.1. The minimum atomic E-state index is -0.908. The maximum atomic E-state index is 13.8. The molecule has 1 aliphatic rings. The van der Waals surface area contributed by atoms with Crippen molar-refractivity contribution in [3.05, 3.63) is 148 Å². The number of nitrogens with zero attached hydrogens (tertiary/aromatic N) is 2. The van der Waals surface area contributed by atoms with E-state index < -0.39 is 5.97 Å². The number of amides is 2. The molecule has 0 saturated heterocycles. The molecule has 26 nitrogen and oxygen atoms in total. The number of ether oxygens (including phenoxy) is 18. The van der Waals surface area contributed by atoms with E-state index >= 15 is 0 Å². The number of hydrogen-bond acceptors (Lipinski definition) is 23. The highest BCUT2D eigenvalue weighted by atomic mass is 16.6. The van der Waals surface area contributed by atoms with E-state index in [9.17, 15) is 14.4 Å². The molecule has 0 fully saturated rings. The summed E-state index contributed by atoms with van der Waals surface area (Å²) in [4.78, 5) is 45.4. The van der Waals surface area contributed by atoms with Gasteiger partial charge in [0.05, 0.1) is 234 Å². The molecule has 3 N–H and O–H groups in total. The Labute approximate surface area is 628 Å². The Morgan fingerprint density at radius 3 is 1.23 bits per heavy atom. The molecule has 0 saturated carbocycles. The molecule has 0 bridgehead atoms. The SMILES string of the molecule is CCN(CC)c1ccc(NC(=O)c2cccc(CCCOCCOCCOCCOCCOCCOCCOCCOCCOC)c2)c(-c2cc(C(=O)NC3CCCc4ccccc43)ccn2)c1.COCCOCCOCCOCCOCCOCCOCCOCCOCCCc1cccc(C(=O)O)c1. The molecule has 106 heavy (non-hydrogen) atoms. The Hall–Kier alpha value is -6.48. The van der Waals surface area contributed by atoms with Crippen LogP contribution in [0, 0.1) is 0 Å². The lowest BCUT2D eigenvalue weighted by atomic mass is 9.87. The highest BCUT2D eigenvalue weighted by molar-refractivity contribution is 6.06. The summed E-state index contributed by atoms with van der Waals surface area (Å²) < 4.78 is 97.6. The third-order valence-corrected chi connectivity index (χ3v) is 16.3. The number of carbonyl (C=O) groups is 3. The van der Waals surface area contributed by atoms with Crippen molar-refractivity contribution in [1.29, 1.82) is 0 Å². The zero-order chi connectivity index (χ0) is 75.2. The quantitative estimate of drug-likeness (QED) is 0.0306. The van der Waals surface area contributed by atoms with Crippen molar-refractivity contribution in [3.8, 4) is 11.3 Å². The fourth-order valence-corrected chi connectivity index (χ4v) is 10.7. The predicted molar refractivity (Wildman–Crippen MR) is 404 cm³/mol. The maximum absolute atomic E-state index is 13.8. The van der Waals surface area contributed by atoms with Gasteiger partial charge in [0.1, 0.15) is 0 Å². The summed E-state index contributed by atoms with van der Waals surface area (Å²) in [6.45, 7) is 23.6. The van der Waals surface area contributed by atoms with Crippen LogP contribution in [0.15, 0.2) is 109 Å². The summed E-state index contributed by atoms with van der Waals surface area (Å²) in [6, 6.07) is 32.5. The van der Waals surface area contributed by atoms with E-state index in [-0.39, 0.29) is 17.9 Å². The van der Waals surface area contributed by atoms with Crippen molar-refractivity contribution < 1.29 is 105 Å². The minimum absolute atomic E-state index is 0.0425. The van der Waals surface area contributed by atoms with Crippen LogP contribution in [-0.2, 0) is 105 Å². The Morgan fingerprint density at radius 1 is 0.425 bits per heavy atom. The van der Waals surface area contributed by atoms with Crippen molar-refractivity contribution in [1.82, 2.24) is 10.3 Å². The number of methoxy groups -OCH3 is 2. The van der Waals surface area contributed by atoms with Gasteiger partial charge in [0.2, 0.25) is 0 Å². The van der Waals surface area contributed by atoms with Gasteiger partial charge in [0.15, 0.2) is 0 Å². The van der Waals surface area contributed by atoms with Crippen molar-refractivity contribution in [2.24, 2.45) is 0 Å². The second kappa shape index (κ2) is 61.4. The van der Waals surface area contributed by atoms with Gasteiger partial charge < -0.3 is 106 Å². The van der Waals surface area contributed by atoms with E-state index in [2.05, 4.69) is 47.6 Å². The number of aryl methyl sites for hydroxylation is 3. The minimum Gasteiger partial charge on any atom is -0.478 e. The van der Waals surface area contributed by atoms with Gasteiger partial charge in [-0.3, -0.25) is 14.6 Å². The standard InChI is InChI=1S/C53H74N4O11.C27H46O11/c1-4-57(5-2)46-18-19-50(48(41-46)51-40-45(20-21-54-51)53(59)55-49-17-9-14-43-13-6-7-16-47(43)49)56-52(58)44-15-8-11-42(39-44)12-10-22-61-25-26-63-29-30-65-33-34-67-37-38-68-36-35-66-32-31-64-28-27-62-24-23-60-3;1-30-8-9-32-12-13-34-16-17-36-20-21-38-23-22-37-19-18-35-15-14-33-11-10-31-7-3-5-25-4-2-6-26(24-25)27(28)29/h6-8,11,13,15-16,18-21,39-41,49H,4-5,9-10,12,14,17,22-38H2,1-3H3,(H,55,59)(H,56,58);2,4,6,24H,3,5,7-23H2,1H3,(H,28,29). The molecule has 592 valence electrons. The molecule has 0 aliphatic heterocycles. The average Bonchev–Trinajstić information content (AvgIpc) is 0.820. The van der Waals surface area contributed by atoms with E-state index in [1.807, 2.05) is 60.7 Å². The lowest BCUT2D eigenvalue weighted by Gasteiger charge is -2.26. The second-order valence-electron chi connectivity index (χ2n) is 24.1. The Morgan fingerprint density at radius 2 is 0.811 bits per heavy atom. The Kier molecular flexibility index (Phi) is 52.2. The number of nitrogens with one attached hydrogen (secondary N) is 2. The molecular formula is C80H120N4O22. The van der Waals surface area contributed by atoms with Crippen LogP contribution in [0.25, 0.3) is 11.3 Å². The first-order valence-corrected chi connectivity index (χ1v) is 37.4. The van der Waals surface area contributed by atoms with Crippen LogP contribution in [0.4, 0.5) is 11.4 Å². The predicted octanol–water partition coefficient (Wildman–Crippen LogP) is 9.46. The third-order valence-electron chi connectivity index (χ3n) is 16.3. The number of fused-ring (bicyclic) bond motifs is 1. The van der Waals surface area contributed by atoms with Crippen LogP contribution >= 0.6 is 0 Å². The lowest BCUT2D eigenvalue weighted by Crippen LogP contribution is -2.31. The molecule has 1 atom stereocenters. The van der Waals surface area contributed by atoms with Crippen LogP contribution in [-0.4, -0.2) is 280 Å². The van der Waals surface area contributed by atoms with Crippen molar-refractivity contribution in [3.63, 3.8) is 0 Å². The third kappa shape index (κ3) is 41.7. The van der Waals surface area contributed by atoms with E-state index in [1.54, 1.807) is 44.7 Å². The summed E-state index contributed by atoms with van der Waals surface area (Å²) in [7, 11) is 3.29. The van der Waals surface area contributed by atoms with E-state index in [0.717, 1.165) is 80.4 Å². The molecule has 4 aromatic carbocycles. The van der Waals surface area contributed by atoms with Crippen LogP contribution in [0.1, 0.15) is 98.9 Å². The van der Waals surface area contributed by atoms with Crippen molar-refractivity contribution in [2.75, 3.05) is 262 Å². The Bertz CT molecular complexity index is 3040. The van der Waals surface area contributed by atoms with Crippen LogP contribution in [0.3, 0.4) is 0 Å². The molecule has 1 aliphatic carbocycles. The monoisotopic (exact) mass is 1490 g/mol. The Balaban J connectivity index is 0.000000450. The van der Waals surface area contributed by atoms with Crippen LogP contribution in [0.5, 0.6) is 0 Å². The van der Waals surface area contributed by atoms with Gasteiger partial charge in [-0.1, -0.05) is 48.5 Å². The normalized spacial score (nSPS) is 12.6. The summed E-state index contributed by atoms with van der Waals surface area (Å²) in [6.07, 6.45) is 7.77. The summed E-state index contributed by atoms with van der Waals surface area (Å²) in [5.74, 6) is -1.28. The van der Waals surface area contributed by atoms with E-state index in [4.69, 9.17) is 95.4 Å². The number of pyridine rings is 1. The zero-order valence-corrected chi connectivity index (χ0v) is 63.3. The summed E-state index contributed by atoms with van der Waals surface area (Å²) >= 11 is 0. The fourth-order valence-electron chi connectivity index (χ4n) is 10.7. The van der Waals surface area contributed by atoms with Crippen LogP contribution < -0.4 is 15.5 Å². The van der Waals surface area contributed by atoms with E-state index in [1.165, 1.54) is 11.1 Å². The van der Waals surface area contributed by atoms with Crippen molar-refractivity contribution >= 4 is 29.2 Å². The first-order valence-electron chi connectivity index (χ1n) is 37.4. The van der Waals surface area contributed by atoms with Gasteiger partial charge in [0, 0.05) is 69.1 Å². The number of carboxylic acid groups (broad SMARTS) is 1. The highest BCUT2D eigenvalue weighted by Crippen LogP contribution is 2.34. The average molecular weight is 1490 g/mol. The van der Waals surface area contributed by atoms with Gasteiger partial charge in [-0.2, -0.15) is 0 Å². The summed E-state index contributed by atoms with van der Waals surface area (Å²) in [5.41, 5.74) is 8.86. The molecule has 0 spiro atoms. The maximum Gasteiger partial charge on any atom is 0.335 e. The largest absolute Gasteiger partial charge is 0.478 e. The topological polar surface area (TPSA) is 278 Å². The molecule has 2 amide bonds. The van der Waals surface area contributed by atoms with Crippen LogP contribution in [0.2, 0.25) is 0 Å². The molecule has 0 radical (unpaired) electrons. The molecule has 6 rings (SSSR count). The molecule has 1 heterocycles. The number of benzene rings is 4. The number of carbonyl (C=O) groups excluding carboxylic acids is 2. The first-order chi connectivity index (χ1) is 52.2. The first kappa shape index (κ1) is 90.1. The molecular weight excluding hydrogens is 1370 g/mol. The fraction of sp³-hybridized carbons (Fsp3) is 0.600. The number of anilines is 2. The molecule has 26 heteroatoms. The smallest absolute Gasteiger partial charge is 0.335 e.